The van der Waals surface area contributed by atoms with E-state index in [2.05, 4.69) is 25.2 Å². The quantitative estimate of drug-likeness (QED) is 0.536. The number of ether oxygens (including phenoxy) is 1. The minimum atomic E-state index is -4.54. The lowest BCUT2D eigenvalue weighted by Gasteiger charge is -2.18. The van der Waals surface area contributed by atoms with Gasteiger partial charge in [-0.2, -0.15) is 13.2 Å². The van der Waals surface area contributed by atoms with E-state index in [1.807, 2.05) is 35.8 Å². The third-order valence-electron chi connectivity index (χ3n) is 4.27. The van der Waals surface area contributed by atoms with Gasteiger partial charge < -0.3 is 15.0 Å². The fraction of sp³-hybridized carbons (Fsp3) is 0.500. The molecule has 7 nitrogen and oxygen atoms in total. The van der Waals surface area contributed by atoms with Gasteiger partial charge in [0.25, 0.3) is 0 Å². The highest BCUT2D eigenvalue weighted by Gasteiger charge is 2.29. The Morgan fingerprint density at radius 3 is 2.55 bits per heavy atom. The molecule has 11 heteroatoms. The van der Waals surface area contributed by atoms with Crippen molar-refractivity contribution in [2.75, 3.05) is 36.9 Å². The van der Waals surface area contributed by atoms with Crippen molar-refractivity contribution in [3.63, 3.8) is 0 Å². The number of aryl methyl sites for hydroxylation is 1. The molecule has 1 N–H and O–H groups in total. The van der Waals surface area contributed by atoms with Crippen LogP contribution >= 0.6 is 11.8 Å². The minimum absolute atomic E-state index is 0.140. The zero-order chi connectivity index (χ0) is 20.9. The first kappa shape index (κ1) is 21.3. The molecule has 0 saturated carbocycles. The van der Waals surface area contributed by atoms with Crippen molar-refractivity contribution in [1.82, 2.24) is 20.1 Å². The molecule has 0 bridgehead atoms. The molecule has 0 unspecified atom stereocenters. The molecular formula is C18H22F3N5O2S. The molecule has 2 heterocycles. The molecule has 1 fully saturated rings. The Hall–Kier alpha value is -2.43. The third kappa shape index (κ3) is 6.02. The largest absolute Gasteiger partial charge is 0.440 e. The van der Waals surface area contributed by atoms with Crippen molar-refractivity contribution in [1.29, 1.82) is 0 Å². The summed E-state index contributed by atoms with van der Waals surface area (Å²) in [4.78, 5) is 13.5. The predicted octanol–water partition coefficient (Wildman–Crippen LogP) is 3.56. The van der Waals surface area contributed by atoms with Gasteiger partial charge in [0.15, 0.2) is 11.8 Å². The number of halogens is 3. The Bertz CT molecular complexity index is 820. The molecule has 0 radical (unpaired) electrons. The second kappa shape index (κ2) is 9.38. The number of alkyl carbamates (subject to hydrolysis) is 1. The van der Waals surface area contributed by atoms with Gasteiger partial charge in [0.2, 0.25) is 5.95 Å². The number of anilines is 1. The first-order chi connectivity index (χ1) is 13.8. The number of thioether (sulfide) groups is 1. The summed E-state index contributed by atoms with van der Waals surface area (Å²) >= 11 is 1.36. The highest BCUT2D eigenvalue weighted by molar-refractivity contribution is 7.99. The first-order valence-electron chi connectivity index (χ1n) is 9.21. The van der Waals surface area contributed by atoms with Gasteiger partial charge in [-0.25, -0.2) is 4.79 Å². The Kier molecular flexibility index (Phi) is 6.88. The minimum Gasteiger partial charge on any atom is -0.440 e. The third-order valence-corrected chi connectivity index (χ3v) is 5.20. The Morgan fingerprint density at radius 2 is 1.90 bits per heavy atom. The van der Waals surface area contributed by atoms with Gasteiger partial charge in [-0.3, -0.25) is 4.57 Å². The molecule has 1 aromatic carbocycles. The highest BCUT2D eigenvalue weighted by atomic mass is 32.2. The second-order valence-corrected chi connectivity index (χ2v) is 7.68. The van der Waals surface area contributed by atoms with Crippen molar-refractivity contribution in [2.24, 2.45) is 0 Å². The summed E-state index contributed by atoms with van der Waals surface area (Å²) in [5, 5.41) is 11.6. The molecule has 0 atom stereocenters. The monoisotopic (exact) mass is 429 g/mol. The SMILES string of the molecule is Cc1ccc(-n2c(SCCNC(=O)OCC(F)(F)F)nnc2N2CCCC2)cc1. The predicted molar refractivity (Wildman–Crippen MR) is 104 cm³/mol. The van der Waals surface area contributed by atoms with Gasteiger partial charge in [-0.15, -0.1) is 10.2 Å². The van der Waals surface area contributed by atoms with Gasteiger partial charge in [0.05, 0.1) is 5.69 Å². The molecule has 158 valence electrons. The lowest BCUT2D eigenvalue weighted by molar-refractivity contribution is -0.160. The molecule has 1 aliphatic rings. The van der Waals surface area contributed by atoms with Crippen molar-refractivity contribution in [2.45, 2.75) is 31.1 Å². The van der Waals surface area contributed by atoms with Crippen LogP contribution in [0, 0.1) is 6.92 Å². The lowest BCUT2D eigenvalue weighted by atomic mass is 10.2. The fourth-order valence-electron chi connectivity index (χ4n) is 2.89. The van der Waals surface area contributed by atoms with Crippen LogP contribution in [0.25, 0.3) is 5.69 Å². The van der Waals surface area contributed by atoms with Crippen molar-refractivity contribution in [3.05, 3.63) is 29.8 Å². The van der Waals surface area contributed by atoms with Crippen LogP contribution in [0.15, 0.2) is 29.4 Å². The molecule has 1 aromatic heterocycles. The average Bonchev–Trinajstić information content (AvgIpc) is 3.33. The Morgan fingerprint density at radius 1 is 1.21 bits per heavy atom. The van der Waals surface area contributed by atoms with Crippen LogP contribution in [-0.4, -0.2) is 59.0 Å². The number of nitrogens with zero attached hydrogens (tertiary/aromatic N) is 4. The van der Waals surface area contributed by atoms with Crippen LogP contribution in [-0.2, 0) is 4.74 Å². The van der Waals surface area contributed by atoms with Crippen LogP contribution < -0.4 is 10.2 Å². The molecule has 1 aliphatic heterocycles. The summed E-state index contributed by atoms with van der Waals surface area (Å²) in [5.41, 5.74) is 2.07. The number of benzene rings is 1. The normalized spacial score (nSPS) is 14.3. The number of hydrogen-bond donors (Lipinski definition) is 1. The van der Waals surface area contributed by atoms with Gasteiger partial charge >= 0.3 is 12.3 Å². The summed E-state index contributed by atoms with van der Waals surface area (Å²) in [6, 6.07) is 8.01. The Balaban J connectivity index is 1.63. The summed E-state index contributed by atoms with van der Waals surface area (Å²) in [6.45, 7) is 2.38. The number of nitrogens with one attached hydrogen (secondary N) is 1. The van der Waals surface area contributed by atoms with E-state index in [9.17, 15) is 18.0 Å². The van der Waals surface area contributed by atoms with Gasteiger partial charge in [0, 0.05) is 25.4 Å². The molecule has 1 amide bonds. The number of amides is 1. The standard InChI is InChI=1S/C18H22F3N5O2S/c1-13-4-6-14(7-5-13)26-15(25-9-2-3-10-25)23-24-16(26)29-11-8-22-17(27)28-12-18(19,20)21/h4-7H,2-3,8-12H2,1H3,(H,22,27). The van der Waals surface area contributed by atoms with Crippen molar-refractivity contribution >= 4 is 23.8 Å². The molecule has 3 rings (SSSR count). The van der Waals surface area contributed by atoms with E-state index in [-0.39, 0.29) is 6.54 Å². The van der Waals surface area contributed by atoms with Gasteiger partial charge in [-0.05, 0) is 31.9 Å². The molecule has 29 heavy (non-hydrogen) atoms. The average molecular weight is 429 g/mol. The highest BCUT2D eigenvalue weighted by Crippen LogP contribution is 2.28. The van der Waals surface area contributed by atoms with Crippen LogP contribution in [0.1, 0.15) is 18.4 Å². The zero-order valence-corrected chi connectivity index (χ0v) is 16.7. The van der Waals surface area contributed by atoms with Crippen LogP contribution in [0.5, 0.6) is 0 Å². The first-order valence-corrected chi connectivity index (χ1v) is 10.2. The molecule has 0 spiro atoms. The molecule has 0 aliphatic carbocycles. The summed E-state index contributed by atoms with van der Waals surface area (Å²) in [6.07, 6.45) is -3.43. The number of alkyl halides is 3. The Labute approximate surface area is 170 Å². The van der Waals surface area contributed by atoms with Gasteiger partial charge in [0.1, 0.15) is 0 Å². The van der Waals surface area contributed by atoms with Crippen molar-refractivity contribution < 1.29 is 22.7 Å². The number of carbonyl (C=O) groups excluding carboxylic acids is 1. The smallest absolute Gasteiger partial charge is 0.422 e. The van der Waals surface area contributed by atoms with E-state index in [0.717, 1.165) is 43.1 Å². The topological polar surface area (TPSA) is 72.3 Å². The van der Waals surface area contributed by atoms with E-state index < -0.39 is 18.9 Å². The van der Waals surface area contributed by atoms with E-state index in [4.69, 9.17) is 0 Å². The number of carbonyl (C=O) groups is 1. The maximum absolute atomic E-state index is 12.1. The van der Waals surface area contributed by atoms with Crippen LogP contribution in [0.4, 0.5) is 23.9 Å². The summed E-state index contributed by atoms with van der Waals surface area (Å²) in [7, 11) is 0. The fourth-order valence-corrected chi connectivity index (χ4v) is 3.69. The molecule has 2 aromatic rings. The summed E-state index contributed by atoms with van der Waals surface area (Å²) in [5.74, 6) is 1.18. The van der Waals surface area contributed by atoms with E-state index in [1.165, 1.54) is 11.8 Å². The zero-order valence-electron chi connectivity index (χ0n) is 15.9. The molecular weight excluding hydrogens is 407 g/mol. The maximum Gasteiger partial charge on any atom is 0.422 e. The van der Waals surface area contributed by atoms with E-state index in [0.29, 0.717) is 10.9 Å². The maximum atomic E-state index is 12.1. The lowest BCUT2D eigenvalue weighted by Crippen LogP contribution is -2.30. The van der Waals surface area contributed by atoms with Crippen LogP contribution in [0.3, 0.4) is 0 Å². The van der Waals surface area contributed by atoms with E-state index >= 15 is 0 Å². The van der Waals surface area contributed by atoms with Crippen molar-refractivity contribution in [3.8, 4) is 5.69 Å². The van der Waals surface area contributed by atoms with Crippen LogP contribution in [0.2, 0.25) is 0 Å². The second-order valence-electron chi connectivity index (χ2n) is 6.61. The number of aromatic nitrogens is 3. The molecule has 1 saturated heterocycles. The number of hydrogen-bond acceptors (Lipinski definition) is 6. The van der Waals surface area contributed by atoms with E-state index in [1.54, 1.807) is 0 Å². The number of rotatable bonds is 7. The summed E-state index contributed by atoms with van der Waals surface area (Å²) < 4.78 is 42.2. The van der Waals surface area contributed by atoms with Gasteiger partial charge in [-0.1, -0.05) is 29.5 Å².